The Bertz CT molecular complexity index is 772. The first-order valence-corrected chi connectivity index (χ1v) is 8.96. The third-order valence-electron chi connectivity index (χ3n) is 4.14. The molecule has 0 spiro atoms. The third kappa shape index (κ3) is 3.79. The number of benzene rings is 1. The normalized spacial score (nSPS) is 16.8. The molecule has 0 radical (unpaired) electrons. The maximum atomic E-state index is 12.6. The molecule has 1 saturated heterocycles. The summed E-state index contributed by atoms with van der Waals surface area (Å²) >= 11 is 1.33. The van der Waals surface area contributed by atoms with Gasteiger partial charge in [0.25, 0.3) is 0 Å². The van der Waals surface area contributed by atoms with Gasteiger partial charge in [0.05, 0.1) is 0 Å². The number of aromatic nitrogens is 2. The van der Waals surface area contributed by atoms with E-state index in [0.29, 0.717) is 18.1 Å². The molecule has 0 bridgehead atoms. The highest BCUT2D eigenvalue weighted by molar-refractivity contribution is 7.18. The summed E-state index contributed by atoms with van der Waals surface area (Å²) in [4.78, 5) is 27.8. The van der Waals surface area contributed by atoms with Crippen LogP contribution in [0.2, 0.25) is 0 Å². The first-order chi connectivity index (χ1) is 12.0. The zero-order valence-electron chi connectivity index (χ0n) is 14.5. The Morgan fingerprint density at radius 3 is 2.64 bits per heavy atom. The monoisotopic (exact) mass is 359 g/mol. The van der Waals surface area contributed by atoms with Crippen LogP contribution in [0.4, 0.5) is 9.93 Å². The van der Waals surface area contributed by atoms with Crippen LogP contribution >= 0.6 is 11.3 Å². The highest BCUT2D eigenvalue weighted by Crippen LogP contribution is 2.27. The Balaban J connectivity index is 1.69. The minimum Gasteiger partial charge on any atom is -0.331 e. The van der Waals surface area contributed by atoms with Crippen molar-refractivity contribution in [1.82, 2.24) is 20.0 Å². The molecule has 8 heteroatoms. The molecule has 2 heterocycles. The van der Waals surface area contributed by atoms with Crippen molar-refractivity contribution in [3.63, 3.8) is 0 Å². The second-order valence-corrected chi connectivity index (χ2v) is 7.27. The first kappa shape index (κ1) is 17.3. The fraction of sp³-hybridized carbons (Fsp3) is 0.412. The lowest BCUT2D eigenvalue weighted by molar-refractivity contribution is -0.119. The van der Waals surface area contributed by atoms with Crippen molar-refractivity contribution < 1.29 is 9.59 Å². The molecule has 132 valence electrons. The van der Waals surface area contributed by atoms with Crippen molar-refractivity contribution in [2.45, 2.75) is 25.8 Å². The van der Waals surface area contributed by atoms with E-state index in [1.54, 1.807) is 19.0 Å². The van der Waals surface area contributed by atoms with Crippen LogP contribution in [0.3, 0.4) is 0 Å². The molecule has 1 unspecified atom stereocenters. The van der Waals surface area contributed by atoms with E-state index < -0.39 is 6.04 Å². The van der Waals surface area contributed by atoms with Crippen molar-refractivity contribution in [2.24, 2.45) is 0 Å². The zero-order valence-corrected chi connectivity index (χ0v) is 15.3. The quantitative estimate of drug-likeness (QED) is 0.914. The number of amides is 3. The lowest BCUT2D eigenvalue weighted by Crippen LogP contribution is -2.47. The number of urea groups is 1. The van der Waals surface area contributed by atoms with Crippen LogP contribution in [0, 0.1) is 6.92 Å². The molecule has 3 rings (SSSR count). The van der Waals surface area contributed by atoms with E-state index >= 15 is 0 Å². The van der Waals surface area contributed by atoms with Crippen molar-refractivity contribution in [3.05, 3.63) is 29.8 Å². The molecule has 1 N–H and O–H groups in total. The Kier molecular flexibility index (Phi) is 4.98. The van der Waals surface area contributed by atoms with Gasteiger partial charge in [-0.3, -0.25) is 10.1 Å². The summed E-state index contributed by atoms with van der Waals surface area (Å²) in [6, 6.07) is 7.39. The van der Waals surface area contributed by atoms with Crippen LogP contribution in [-0.4, -0.2) is 58.6 Å². The molecule has 1 atom stereocenters. The van der Waals surface area contributed by atoms with E-state index in [9.17, 15) is 9.59 Å². The maximum Gasteiger partial charge on any atom is 0.320 e. The van der Waals surface area contributed by atoms with Gasteiger partial charge in [0, 0.05) is 26.2 Å². The predicted octanol–water partition coefficient (Wildman–Crippen LogP) is 2.60. The smallest absolute Gasteiger partial charge is 0.320 e. The summed E-state index contributed by atoms with van der Waals surface area (Å²) in [7, 11) is 3.38. The van der Waals surface area contributed by atoms with Crippen LogP contribution in [0.1, 0.15) is 18.4 Å². The van der Waals surface area contributed by atoms with Crippen LogP contribution in [0.25, 0.3) is 10.6 Å². The summed E-state index contributed by atoms with van der Waals surface area (Å²) in [5.74, 6) is -0.209. The number of hydrogen-bond donors (Lipinski definition) is 1. The lowest BCUT2D eigenvalue weighted by atomic mass is 10.2. The number of rotatable bonds is 3. The van der Waals surface area contributed by atoms with E-state index in [1.807, 2.05) is 31.2 Å². The highest BCUT2D eigenvalue weighted by atomic mass is 32.1. The van der Waals surface area contributed by atoms with Gasteiger partial charge in [-0.05, 0) is 19.8 Å². The first-order valence-electron chi connectivity index (χ1n) is 8.15. The summed E-state index contributed by atoms with van der Waals surface area (Å²) in [5.41, 5.74) is 2.14. The molecule has 1 aliphatic heterocycles. The van der Waals surface area contributed by atoms with Gasteiger partial charge in [0.2, 0.25) is 11.0 Å². The Morgan fingerprint density at radius 2 is 1.96 bits per heavy atom. The molecule has 1 aromatic heterocycles. The van der Waals surface area contributed by atoms with Gasteiger partial charge in [0.15, 0.2) is 0 Å². The number of anilines is 1. The predicted molar refractivity (Wildman–Crippen MR) is 97.5 cm³/mol. The summed E-state index contributed by atoms with van der Waals surface area (Å²) < 4.78 is 0. The lowest BCUT2D eigenvalue weighted by Gasteiger charge is -2.26. The molecule has 1 fully saturated rings. The van der Waals surface area contributed by atoms with E-state index in [4.69, 9.17) is 0 Å². The van der Waals surface area contributed by atoms with Crippen LogP contribution in [-0.2, 0) is 4.79 Å². The number of carbonyl (C=O) groups excluding carboxylic acids is 2. The Labute approximate surface area is 150 Å². The second kappa shape index (κ2) is 7.18. The van der Waals surface area contributed by atoms with Crippen molar-refractivity contribution in [2.75, 3.05) is 26.0 Å². The topological polar surface area (TPSA) is 78.4 Å². The number of aryl methyl sites for hydroxylation is 1. The summed E-state index contributed by atoms with van der Waals surface area (Å²) in [6.07, 6.45) is 1.48. The van der Waals surface area contributed by atoms with Gasteiger partial charge in [-0.1, -0.05) is 41.2 Å². The Morgan fingerprint density at radius 1 is 1.24 bits per heavy atom. The molecule has 1 aromatic carbocycles. The molecule has 1 aliphatic rings. The second-order valence-electron chi connectivity index (χ2n) is 6.30. The number of hydrogen-bond acceptors (Lipinski definition) is 5. The molecule has 3 amide bonds. The fourth-order valence-corrected chi connectivity index (χ4v) is 3.55. The van der Waals surface area contributed by atoms with E-state index in [-0.39, 0.29) is 11.9 Å². The van der Waals surface area contributed by atoms with Gasteiger partial charge in [0.1, 0.15) is 11.0 Å². The summed E-state index contributed by atoms with van der Waals surface area (Å²) in [6.45, 7) is 2.62. The highest BCUT2D eigenvalue weighted by Gasteiger charge is 2.35. The van der Waals surface area contributed by atoms with E-state index in [2.05, 4.69) is 15.5 Å². The molecular formula is C17H21N5O2S. The van der Waals surface area contributed by atoms with Crippen molar-refractivity contribution >= 4 is 28.4 Å². The number of nitrogens with zero attached hydrogens (tertiary/aromatic N) is 4. The van der Waals surface area contributed by atoms with Crippen LogP contribution < -0.4 is 5.32 Å². The largest absolute Gasteiger partial charge is 0.331 e. The SMILES string of the molecule is Cc1ccc(-c2nnc(NC(=O)C3CCCN3C(=O)N(C)C)s2)cc1. The van der Waals surface area contributed by atoms with Crippen LogP contribution in [0.5, 0.6) is 0 Å². The summed E-state index contributed by atoms with van der Waals surface area (Å²) in [5, 5.41) is 12.2. The van der Waals surface area contributed by atoms with Gasteiger partial charge >= 0.3 is 6.03 Å². The molecule has 0 aliphatic carbocycles. The van der Waals surface area contributed by atoms with Crippen molar-refractivity contribution in [1.29, 1.82) is 0 Å². The molecule has 0 saturated carbocycles. The van der Waals surface area contributed by atoms with E-state index in [0.717, 1.165) is 17.0 Å². The zero-order chi connectivity index (χ0) is 18.0. The van der Waals surface area contributed by atoms with Gasteiger partial charge in [-0.15, -0.1) is 10.2 Å². The standard InChI is InChI=1S/C17H21N5O2S/c1-11-6-8-12(9-7-11)15-19-20-16(25-15)18-14(23)13-5-4-10-22(13)17(24)21(2)3/h6-9,13H,4-5,10H2,1-3H3,(H,18,20,23). The minimum atomic E-state index is -0.457. The van der Waals surface area contributed by atoms with Gasteiger partial charge < -0.3 is 9.80 Å². The molecule has 7 nitrogen and oxygen atoms in total. The Hall–Kier alpha value is -2.48. The third-order valence-corrected chi connectivity index (χ3v) is 5.03. The molecule has 2 aromatic rings. The average molecular weight is 359 g/mol. The number of nitrogens with one attached hydrogen (secondary N) is 1. The van der Waals surface area contributed by atoms with Crippen molar-refractivity contribution in [3.8, 4) is 10.6 Å². The number of carbonyl (C=O) groups is 2. The maximum absolute atomic E-state index is 12.6. The fourth-order valence-electron chi connectivity index (χ4n) is 2.80. The molecular weight excluding hydrogens is 338 g/mol. The van der Waals surface area contributed by atoms with Crippen LogP contribution in [0.15, 0.2) is 24.3 Å². The van der Waals surface area contributed by atoms with E-state index in [1.165, 1.54) is 21.8 Å². The number of likely N-dealkylation sites (tertiary alicyclic amines) is 1. The average Bonchev–Trinajstić information content (AvgIpc) is 3.24. The minimum absolute atomic E-state index is 0.143. The molecule has 25 heavy (non-hydrogen) atoms. The van der Waals surface area contributed by atoms with Gasteiger partial charge in [-0.25, -0.2) is 4.79 Å². The van der Waals surface area contributed by atoms with Gasteiger partial charge in [-0.2, -0.15) is 0 Å².